The van der Waals surface area contributed by atoms with Crippen molar-refractivity contribution in [2.75, 3.05) is 0 Å². The molecule has 0 bridgehead atoms. The molecule has 0 radical (unpaired) electrons. The van der Waals surface area contributed by atoms with Gasteiger partial charge in [-0.3, -0.25) is 4.55 Å². The molecular weight excluding hydrogens is 156 g/mol. The van der Waals surface area contributed by atoms with Gasteiger partial charge in [0, 0.05) is 5.57 Å². The summed E-state index contributed by atoms with van der Waals surface area (Å²) in [6.45, 7) is 5.00. The number of hydrogen-bond acceptors (Lipinski definition) is 3. The second kappa shape index (κ2) is 4.19. The standard InChI is InChI=1S/C5H8O4S/c1-3-4(2)5(6)9-10(7)8/h2-3H2,1H3,(H,7,8). The van der Waals surface area contributed by atoms with Crippen LogP contribution in [-0.2, 0) is 20.3 Å². The van der Waals surface area contributed by atoms with Gasteiger partial charge in [0.15, 0.2) is 0 Å². The molecular formula is C5H8O4S. The predicted molar refractivity (Wildman–Crippen MR) is 36.3 cm³/mol. The fraction of sp³-hybridized carbons (Fsp3) is 0.400. The molecule has 1 N–H and O–H groups in total. The van der Waals surface area contributed by atoms with E-state index >= 15 is 0 Å². The normalized spacial score (nSPS) is 12.2. The van der Waals surface area contributed by atoms with E-state index in [1.54, 1.807) is 6.92 Å². The average Bonchev–Trinajstić information content (AvgIpc) is 1.85. The van der Waals surface area contributed by atoms with Gasteiger partial charge in [-0.2, -0.15) is 4.21 Å². The first kappa shape index (κ1) is 9.32. The van der Waals surface area contributed by atoms with Crippen molar-refractivity contribution in [3.63, 3.8) is 0 Å². The lowest BCUT2D eigenvalue weighted by Gasteiger charge is -1.97. The van der Waals surface area contributed by atoms with Crippen LogP contribution >= 0.6 is 0 Å². The summed E-state index contributed by atoms with van der Waals surface area (Å²) in [6, 6.07) is 0. The summed E-state index contributed by atoms with van der Waals surface area (Å²) in [4.78, 5) is 10.5. The third kappa shape index (κ3) is 3.37. The van der Waals surface area contributed by atoms with Crippen LogP contribution in [0.5, 0.6) is 0 Å². The van der Waals surface area contributed by atoms with Crippen LogP contribution in [0.25, 0.3) is 0 Å². The Kier molecular flexibility index (Phi) is 3.90. The molecule has 0 heterocycles. The quantitative estimate of drug-likeness (QED) is 0.491. The van der Waals surface area contributed by atoms with Gasteiger partial charge in [-0.15, -0.1) is 0 Å². The van der Waals surface area contributed by atoms with Crippen LogP contribution < -0.4 is 0 Å². The number of carbonyl (C=O) groups is 1. The summed E-state index contributed by atoms with van der Waals surface area (Å²) in [5, 5.41) is 0. The Morgan fingerprint density at radius 3 is 2.60 bits per heavy atom. The van der Waals surface area contributed by atoms with Crippen molar-refractivity contribution in [1.29, 1.82) is 0 Å². The Morgan fingerprint density at radius 2 is 2.30 bits per heavy atom. The molecule has 0 fully saturated rings. The summed E-state index contributed by atoms with van der Waals surface area (Å²) in [7, 11) is 0. The van der Waals surface area contributed by atoms with E-state index in [0.29, 0.717) is 6.42 Å². The van der Waals surface area contributed by atoms with Gasteiger partial charge >= 0.3 is 17.3 Å². The third-order valence-corrected chi connectivity index (χ3v) is 1.16. The molecule has 1 unspecified atom stereocenters. The fourth-order valence-corrected chi connectivity index (χ4v) is 0.515. The first-order valence-electron chi connectivity index (χ1n) is 2.59. The lowest BCUT2D eigenvalue weighted by Crippen LogP contribution is -2.07. The van der Waals surface area contributed by atoms with E-state index < -0.39 is 17.3 Å². The predicted octanol–water partition coefficient (Wildman–Crippen LogP) is 0.633. The summed E-state index contributed by atoms with van der Waals surface area (Å²) < 4.78 is 21.8. The largest absolute Gasteiger partial charge is 0.360 e. The van der Waals surface area contributed by atoms with Gasteiger partial charge in [-0.1, -0.05) is 13.5 Å². The van der Waals surface area contributed by atoms with Crippen molar-refractivity contribution in [1.82, 2.24) is 0 Å². The van der Waals surface area contributed by atoms with E-state index in [0.717, 1.165) is 0 Å². The fourth-order valence-electron chi connectivity index (χ4n) is 0.268. The van der Waals surface area contributed by atoms with Gasteiger partial charge in [0.25, 0.3) is 0 Å². The lowest BCUT2D eigenvalue weighted by atomic mass is 10.2. The van der Waals surface area contributed by atoms with Crippen LogP contribution in [-0.4, -0.2) is 14.7 Å². The van der Waals surface area contributed by atoms with Crippen LogP contribution in [0.4, 0.5) is 0 Å². The summed E-state index contributed by atoms with van der Waals surface area (Å²) >= 11 is -2.53. The summed E-state index contributed by atoms with van der Waals surface area (Å²) in [5.41, 5.74) is 0.183. The molecule has 1 atom stereocenters. The van der Waals surface area contributed by atoms with E-state index in [-0.39, 0.29) is 5.57 Å². The van der Waals surface area contributed by atoms with Crippen molar-refractivity contribution in [2.24, 2.45) is 0 Å². The molecule has 10 heavy (non-hydrogen) atoms. The van der Waals surface area contributed by atoms with Gasteiger partial charge in [0.05, 0.1) is 0 Å². The Bertz CT molecular complexity index is 174. The number of rotatable bonds is 3. The van der Waals surface area contributed by atoms with Crippen LogP contribution in [0, 0.1) is 0 Å². The zero-order chi connectivity index (χ0) is 8.15. The second-order valence-corrected chi connectivity index (χ2v) is 2.15. The molecule has 0 amide bonds. The van der Waals surface area contributed by atoms with E-state index in [1.165, 1.54) is 0 Å². The van der Waals surface area contributed by atoms with Crippen molar-refractivity contribution < 1.29 is 17.7 Å². The molecule has 0 saturated carbocycles. The maximum Gasteiger partial charge on any atom is 0.360 e. The van der Waals surface area contributed by atoms with Crippen molar-refractivity contribution in [3.05, 3.63) is 12.2 Å². The zero-order valence-corrected chi connectivity index (χ0v) is 6.31. The van der Waals surface area contributed by atoms with Crippen LogP contribution in [0.3, 0.4) is 0 Å². The third-order valence-electron chi connectivity index (χ3n) is 0.862. The number of hydrogen-bond donors (Lipinski definition) is 1. The highest BCUT2D eigenvalue weighted by Crippen LogP contribution is 1.99. The molecule has 0 aliphatic carbocycles. The Labute approximate surface area is 61.4 Å². The zero-order valence-electron chi connectivity index (χ0n) is 5.49. The van der Waals surface area contributed by atoms with E-state index in [4.69, 9.17) is 4.55 Å². The van der Waals surface area contributed by atoms with Crippen LogP contribution in [0.2, 0.25) is 0 Å². The molecule has 4 nitrogen and oxygen atoms in total. The SMILES string of the molecule is C=C(CC)C(=O)OS(=O)O. The van der Waals surface area contributed by atoms with Crippen LogP contribution in [0.15, 0.2) is 12.2 Å². The highest BCUT2D eigenvalue weighted by molar-refractivity contribution is 7.74. The summed E-state index contributed by atoms with van der Waals surface area (Å²) in [6.07, 6.45) is 0.413. The Morgan fingerprint density at radius 1 is 1.80 bits per heavy atom. The molecule has 0 aromatic rings. The molecule has 0 saturated heterocycles. The van der Waals surface area contributed by atoms with Crippen LogP contribution in [0.1, 0.15) is 13.3 Å². The summed E-state index contributed by atoms with van der Waals surface area (Å²) in [5.74, 6) is -0.830. The smallest absolute Gasteiger partial charge is 0.339 e. The number of carbonyl (C=O) groups excluding carboxylic acids is 1. The van der Waals surface area contributed by atoms with Crippen molar-refractivity contribution in [3.8, 4) is 0 Å². The van der Waals surface area contributed by atoms with E-state index in [2.05, 4.69) is 10.8 Å². The van der Waals surface area contributed by atoms with Crippen molar-refractivity contribution in [2.45, 2.75) is 13.3 Å². The molecule has 5 heteroatoms. The molecule has 0 aliphatic heterocycles. The maximum absolute atomic E-state index is 10.5. The molecule has 0 spiro atoms. The molecule has 0 rings (SSSR count). The molecule has 0 aliphatic rings. The van der Waals surface area contributed by atoms with Gasteiger partial charge in [-0.05, 0) is 6.42 Å². The van der Waals surface area contributed by atoms with Gasteiger partial charge < -0.3 is 4.18 Å². The Hall–Kier alpha value is -0.680. The lowest BCUT2D eigenvalue weighted by molar-refractivity contribution is -0.129. The Balaban J connectivity index is 3.86. The monoisotopic (exact) mass is 164 g/mol. The van der Waals surface area contributed by atoms with Gasteiger partial charge in [-0.25, -0.2) is 4.79 Å². The minimum atomic E-state index is -2.53. The maximum atomic E-state index is 10.5. The minimum absolute atomic E-state index is 0.183. The topological polar surface area (TPSA) is 63.6 Å². The van der Waals surface area contributed by atoms with E-state index in [9.17, 15) is 9.00 Å². The highest BCUT2D eigenvalue weighted by Gasteiger charge is 2.08. The second-order valence-electron chi connectivity index (χ2n) is 1.55. The first-order valence-corrected chi connectivity index (χ1v) is 3.62. The first-order chi connectivity index (χ1) is 4.57. The average molecular weight is 164 g/mol. The molecule has 58 valence electrons. The molecule has 0 aromatic heterocycles. The van der Waals surface area contributed by atoms with Gasteiger partial charge in [0.2, 0.25) is 0 Å². The minimum Gasteiger partial charge on any atom is -0.339 e. The molecule has 0 aromatic carbocycles. The van der Waals surface area contributed by atoms with Crippen molar-refractivity contribution >= 4 is 17.3 Å². The van der Waals surface area contributed by atoms with E-state index in [1.807, 2.05) is 0 Å². The van der Waals surface area contributed by atoms with Gasteiger partial charge in [0.1, 0.15) is 0 Å². The highest BCUT2D eigenvalue weighted by atomic mass is 32.2.